The van der Waals surface area contributed by atoms with Gasteiger partial charge in [-0.3, -0.25) is 4.79 Å². The van der Waals surface area contributed by atoms with Gasteiger partial charge in [0.2, 0.25) is 0 Å². The number of rotatable bonds is 5. The summed E-state index contributed by atoms with van der Waals surface area (Å²) >= 11 is 0. The highest BCUT2D eigenvalue weighted by molar-refractivity contribution is 5.95. The monoisotopic (exact) mass is 367 g/mol. The van der Waals surface area contributed by atoms with Crippen molar-refractivity contribution in [1.82, 2.24) is 14.7 Å². The van der Waals surface area contributed by atoms with Crippen LogP contribution in [0.5, 0.6) is 0 Å². The molecule has 0 radical (unpaired) electrons. The number of aromatic nitrogens is 2. The molecule has 142 valence electrons. The van der Waals surface area contributed by atoms with E-state index in [1.165, 1.54) is 19.3 Å². The van der Waals surface area contributed by atoms with Gasteiger partial charge in [-0.25, -0.2) is 9.48 Å². The zero-order valence-electron chi connectivity index (χ0n) is 15.6. The van der Waals surface area contributed by atoms with Gasteiger partial charge in [0.05, 0.1) is 28.7 Å². The van der Waals surface area contributed by atoms with Crippen molar-refractivity contribution in [2.75, 3.05) is 7.05 Å². The van der Waals surface area contributed by atoms with Crippen molar-refractivity contribution >= 4 is 11.9 Å². The third kappa shape index (κ3) is 3.48. The Hall–Kier alpha value is -2.63. The lowest BCUT2D eigenvalue weighted by Crippen LogP contribution is -2.38. The fourth-order valence-corrected chi connectivity index (χ4v) is 4.05. The van der Waals surface area contributed by atoms with Crippen LogP contribution in [-0.2, 0) is 0 Å². The highest BCUT2D eigenvalue weighted by Crippen LogP contribution is 2.43. The largest absolute Gasteiger partial charge is 0.478 e. The van der Waals surface area contributed by atoms with Crippen LogP contribution in [0.4, 0.5) is 0 Å². The van der Waals surface area contributed by atoms with Crippen LogP contribution < -0.4 is 0 Å². The van der Waals surface area contributed by atoms with Crippen molar-refractivity contribution in [3.8, 4) is 5.69 Å². The van der Waals surface area contributed by atoms with Crippen molar-refractivity contribution in [3.63, 3.8) is 0 Å². The smallest absolute Gasteiger partial charge is 0.335 e. The van der Waals surface area contributed by atoms with Crippen molar-refractivity contribution in [2.24, 2.45) is 0 Å². The number of carbonyl (C=O) groups excluding carboxylic acids is 1. The second kappa shape index (κ2) is 7.18. The number of hydrogen-bond acceptors (Lipinski definition) is 3. The maximum absolute atomic E-state index is 13.2. The standard InChI is InChI=1S/C21H25N3O3/c1-23(16-5-3-2-4-6-16)20(25)18-13-22-24(19(18)14-7-8-14)17-11-9-15(10-12-17)21(26)27/h9-14,16H,2-8H2,1H3,(H,26,27). The minimum atomic E-state index is -0.950. The van der Waals surface area contributed by atoms with Crippen molar-refractivity contribution in [1.29, 1.82) is 0 Å². The molecule has 27 heavy (non-hydrogen) atoms. The minimum Gasteiger partial charge on any atom is -0.478 e. The van der Waals surface area contributed by atoms with Gasteiger partial charge in [-0.05, 0) is 49.9 Å². The molecule has 0 bridgehead atoms. The molecule has 0 unspecified atom stereocenters. The number of hydrogen-bond donors (Lipinski definition) is 1. The fourth-order valence-electron chi connectivity index (χ4n) is 4.05. The summed E-state index contributed by atoms with van der Waals surface area (Å²) in [5.74, 6) is -0.544. The molecule has 2 aliphatic rings. The normalized spacial score (nSPS) is 17.7. The highest BCUT2D eigenvalue weighted by atomic mass is 16.4. The topological polar surface area (TPSA) is 75.4 Å². The molecule has 1 heterocycles. The number of carboxylic acid groups (broad SMARTS) is 1. The van der Waals surface area contributed by atoms with Crippen LogP contribution >= 0.6 is 0 Å². The molecule has 1 aromatic heterocycles. The summed E-state index contributed by atoms with van der Waals surface area (Å²) < 4.78 is 1.81. The molecule has 2 aromatic rings. The van der Waals surface area contributed by atoms with Gasteiger partial charge in [0.15, 0.2) is 0 Å². The van der Waals surface area contributed by atoms with Gasteiger partial charge < -0.3 is 10.0 Å². The molecule has 1 aromatic carbocycles. The predicted molar refractivity (Wildman–Crippen MR) is 101 cm³/mol. The van der Waals surface area contributed by atoms with Gasteiger partial charge in [-0.1, -0.05) is 19.3 Å². The maximum atomic E-state index is 13.2. The van der Waals surface area contributed by atoms with Crippen LogP contribution in [0, 0.1) is 0 Å². The molecule has 2 aliphatic carbocycles. The lowest BCUT2D eigenvalue weighted by atomic mass is 9.94. The lowest BCUT2D eigenvalue weighted by molar-refractivity contribution is 0.0687. The van der Waals surface area contributed by atoms with E-state index < -0.39 is 5.97 Å². The van der Waals surface area contributed by atoms with Crippen LogP contribution in [0.3, 0.4) is 0 Å². The Morgan fingerprint density at radius 3 is 2.33 bits per heavy atom. The molecular formula is C21H25N3O3. The van der Waals surface area contributed by atoms with E-state index in [-0.39, 0.29) is 11.5 Å². The Balaban J connectivity index is 1.64. The number of aromatic carboxylic acids is 1. The van der Waals surface area contributed by atoms with Gasteiger partial charge in [0, 0.05) is 19.0 Å². The summed E-state index contributed by atoms with van der Waals surface area (Å²) in [6.45, 7) is 0. The second-order valence-electron chi connectivity index (χ2n) is 7.69. The number of nitrogens with zero attached hydrogens (tertiary/aromatic N) is 3. The summed E-state index contributed by atoms with van der Waals surface area (Å²) in [4.78, 5) is 26.2. The van der Waals surface area contributed by atoms with Gasteiger partial charge >= 0.3 is 5.97 Å². The van der Waals surface area contributed by atoms with Gasteiger partial charge in [-0.2, -0.15) is 5.10 Å². The third-order valence-electron chi connectivity index (χ3n) is 5.80. The first-order chi connectivity index (χ1) is 13.1. The van der Waals surface area contributed by atoms with Crippen LogP contribution in [-0.4, -0.2) is 44.8 Å². The summed E-state index contributed by atoms with van der Waals surface area (Å²) in [7, 11) is 1.91. The van der Waals surface area contributed by atoms with E-state index in [4.69, 9.17) is 5.11 Å². The molecule has 0 spiro atoms. The van der Waals surface area contributed by atoms with Crippen LogP contribution in [0.1, 0.15) is 77.3 Å². The molecule has 1 N–H and O–H groups in total. The van der Waals surface area contributed by atoms with Gasteiger partial charge in [0.1, 0.15) is 0 Å². The highest BCUT2D eigenvalue weighted by Gasteiger charge is 2.35. The zero-order chi connectivity index (χ0) is 19.0. The van der Waals surface area contributed by atoms with E-state index in [1.54, 1.807) is 30.5 Å². The first kappa shape index (κ1) is 17.8. The molecule has 6 heteroatoms. The molecule has 4 rings (SSSR count). The van der Waals surface area contributed by atoms with Crippen molar-refractivity contribution in [2.45, 2.75) is 56.9 Å². The van der Waals surface area contributed by atoms with E-state index in [2.05, 4.69) is 5.10 Å². The zero-order valence-corrected chi connectivity index (χ0v) is 15.6. The first-order valence-electron chi connectivity index (χ1n) is 9.75. The van der Waals surface area contributed by atoms with Gasteiger partial charge in [-0.15, -0.1) is 0 Å². The third-order valence-corrected chi connectivity index (χ3v) is 5.80. The summed E-state index contributed by atoms with van der Waals surface area (Å²) in [5, 5.41) is 13.6. The van der Waals surface area contributed by atoms with E-state index in [0.717, 1.165) is 37.1 Å². The summed E-state index contributed by atoms with van der Waals surface area (Å²) in [6.07, 6.45) is 9.59. The Labute approximate surface area is 158 Å². The first-order valence-corrected chi connectivity index (χ1v) is 9.75. The van der Waals surface area contributed by atoms with Crippen LogP contribution in [0.2, 0.25) is 0 Å². The average Bonchev–Trinajstić information content (AvgIpc) is 3.45. The molecule has 2 saturated carbocycles. The maximum Gasteiger partial charge on any atom is 0.335 e. The van der Waals surface area contributed by atoms with Crippen LogP contribution in [0.25, 0.3) is 5.69 Å². The SMILES string of the molecule is CN(C(=O)c1cnn(-c2ccc(C(=O)O)cc2)c1C1CC1)C1CCCCC1. The van der Waals surface area contributed by atoms with E-state index in [1.807, 2.05) is 16.6 Å². The molecule has 0 saturated heterocycles. The molecule has 2 fully saturated rings. The Bertz CT molecular complexity index is 846. The second-order valence-corrected chi connectivity index (χ2v) is 7.69. The number of carboxylic acids is 1. The van der Waals surface area contributed by atoms with Crippen LogP contribution in [0.15, 0.2) is 30.5 Å². The Morgan fingerprint density at radius 1 is 1.07 bits per heavy atom. The fraction of sp³-hybridized carbons (Fsp3) is 0.476. The van der Waals surface area contributed by atoms with E-state index >= 15 is 0 Å². The molecule has 6 nitrogen and oxygen atoms in total. The summed E-state index contributed by atoms with van der Waals surface area (Å²) in [5.41, 5.74) is 2.69. The minimum absolute atomic E-state index is 0.0530. The number of carbonyl (C=O) groups is 2. The average molecular weight is 367 g/mol. The van der Waals surface area contributed by atoms with Gasteiger partial charge in [0.25, 0.3) is 5.91 Å². The lowest BCUT2D eigenvalue weighted by Gasteiger charge is -2.31. The molecule has 0 atom stereocenters. The molecule has 0 aliphatic heterocycles. The van der Waals surface area contributed by atoms with E-state index in [0.29, 0.717) is 17.5 Å². The van der Waals surface area contributed by atoms with Crippen molar-refractivity contribution in [3.05, 3.63) is 47.3 Å². The quantitative estimate of drug-likeness (QED) is 0.871. The Morgan fingerprint density at radius 2 is 1.74 bits per heavy atom. The predicted octanol–water partition coefficient (Wildman–Crippen LogP) is 3.85. The Kier molecular flexibility index (Phi) is 4.72. The number of benzene rings is 1. The number of amides is 1. The summed E-state index contributed by atoms with van der Waals surface area (Å²) in [6, 6.07) is 6.97. The van der Waals surface area contributed by atoms with E-state index in [9.17, 15) is 9.59 Å². The molecular weight excluding hydrogens is 342 g/mol. The van der Waals surface area contributed by atoms with Crippen molar-refractivity contribution < 1.29 is 14.7 Å². The molecule has 1 amide bonds.